The minimum absolute atomic E-state index is 0.145. The lowest BCUT2D eigenvalue weighted by molar-refractivity contribution is 0.131. The van der Waals surface area contributed by atoms with Crippen LogP contribution >= 0.6 is 0 Å². The van der Waals surface area contributed by atoms with Crippen LogP contribution < -0.4 is 4.74 Å². The van der Waals surface area contributed by atoms with Gasteiger partial charge < -0.3 is 4.74 Å². The molecule has 0 unspecified atom stereocenters. The van der Waals surface area contributed by atoms with Crippen LogP contribution in [0, 0.1) is 13.8 Å². The van der Waals surface area contributed by atoms with Gasteiger partial charge in [-0.15, -0.1) is 0 Å². The minimum atomic E-state index is -0.145. The average molecular weight is 228 g/mol. The molecule has 0 aromatic heterocycles. The fourth-order valence-corrected chi connectivity index (χ4v) is 1.92. The first-order chi connectivity index (χ1) is 7.85. The Balaban J connectivity index is 2.47. The van der Waals surface area contributed by atoms with E-state index >= 15 is 0 Å². The van der Waals surface area contributed by atoms with E-state index in [9.17, 15) is 0 Å². The highest BCUT2D eigenvalue weighted by molar-refractivity contribution is 5.85. The second-order valence-electron chi connectivity index (χ2n) is 5.66. The van der Waals surface area contributed by atoms with Crippen LogP contribution in [-0.4, -0.2) is 5.60 Å². The lowest BCUT2D eigenvalue weighted by Gasteiger charge is -2.21. The maximum atomic E-state index is 5.88. The molecule has 0 fully saturated rings. The lowest BCUT2D eigenvalue weighted by Crippen LogP contribution is -2.22. The number of ether oxygens (including phenoxy) is 1. The van der Waals surface area contributed by atoms with E-state index in [-0.39, 0.29) is 5.60 Å². The van der Waals surface area contributed by atoms with Crippen molar-refractivity contribution in [3.63, 3.8) is 0 Å². The van der Waals surface area contributed by atoms with E-state index in [0.29, 0.717) is 0 Å². The molecule has 0 atom stereocenters. The zero-order valence-electron chi connectivity index (χ0n) is 11.3. The van der Waals surface area contributed by atoms with Crippen LogP contribution in [0.5, 0.6) is 5.75 Å². The largest absolute Gasteiger partial charge is 0.488 e. The standard InChI is InChI=1S/C16H20O/c1-11-8-13-6-7-15(17-16(3,4)5)10-14(13)9-12(11)2/h6-10H,1-5H3. The number of benzene rings is 2. The Labute approximate surface area is 103 Å². The maximum absolute atomic E-state index is 5.88. The van der Waals surface area contributed by atoms with Crippen molar-refractivity contribution >= 4 is 10.8 Å². The van der Waals surface area contributed by atoms with Crippen molar-refractivity contribution in [3.8, 4) is 5.75 Å². The summed E-state index contributed by atoms with van der Waals surface area (Å²) in [6, 6.07) is 10.7. The molecule has 0 aliphatic carbocycles. The summed E-state index contributed by atoms with van der Waals surface area (Å²) in [5.74, 6) is 0.938. The van der Waals surface area contributed by atoms with Gasteiger partial charge in [-0.1, -0.05) is 18.2 Å². The summed E-state index contributed by atoms with van der Waals surface area (Å²) in [5, 5.41) is 2.52. The highest BCUT2D eigenvalue weighted by Gasteiger charge is 2.11. The third-order valence-electron chi connectivity index (χ3n) is 2.85. The van der Waals surface area contributed by atoms with Gasteiger partial charge in [0, 0.05) is 0 Å². The van der Waals surface area contributed by atoms with Crippen LogP contribution in [-0.2, 0) is 0 Å². The summed E-state index contributed by atoms with van der Waals surface area (Å²) >= 11 is 0. The zero-order chi connectivity index (χ0) is 12.6. The fourth-order valence-electron chi connectivity index (χ4n) is 1.92. The van der Waals surface area contributed by atoms with E-state index in [0.717, 1.165) is 5.75 Å². The van der Waals surface area contributed by atoms with Crippen molar-refractivity contribution in [1.82, 2.24) is 0 Å². The highest BCUT2D eigenvalue weighted by Crippen LogP contribution is 2.26. The van der Waals surface area contributed by atoms with Gasteiger partial charge in [0.2, 0.25) is 0 Å². The van der Waals surface area contributed by atoms with Gasteiger partial charge in [-0.25, -0.2) is 0 Å². The molecule has 0 amide bonds. The van der Waals surface area contributed by atoms with Gasteiger partial charge in [0.05, 0.1) is 0 Å². The Morgan fingerprint density at radius 2 is 1.41 bits per heavy atom. The van der Waals surface area contributed by atoms with Crippen molar-refractivity contribution in [2.45, 2.75) is 40.2 Å². The van der Waals surface area contributed by atoms with Crippen LogP contribution in [0.15, 0.2) is 30.3 Å². The molecule has 90 valence electrons. The van der Waals surface area contributed by atoms with E-state index in [1.165, 1.54) is 21.9 Å². The summed E-state index contributed by atoms with van der Waals surface area (Å²) < 4.78 is 5.88. The zero-order valence-corrected chi connectivity index (χ0v) is 11.3. The van der Waals surface area contributed by atoms with Crippen LogP contribution in [0.25, 0.3) is 10.8 Å². The SMILES string of the molecule is Cc1cc2ccc(OC(C)(C)C)cc2cc1C. The first-order valence-corrected chi connectivity index (χ1v) is 6.05. The van der Waals surface area contributed by atoms with E-state index in [1.54, 1.807) is 0 Å². The van der Waals surface area contributed by atoms with Crippen molar-refractivity contribution in [2.24, 2.45) is 0 Å². The smallest absolute Gasteiger partial charge is 0.120 e. The number of hydrogen-bond donors (Lipinski definition) is 0. The summed E-state index contributed by atoms with van der Waals surface area (Å²) in [6.45, 7) is 10.5. The van der Waals surface area contributed by atoms with E-state index in [2.05, 4.69) is 58.9 Å². The average Bonchev–Trinajstić information content (AvgIpc) is 2.18. The molecule has 1 heteroatoms. The van der Waals surface area contributed by atoms with Crippen LogP contribution in [0.1, 0.15) is 31.9 Å². The van der Waals surface area contributed by atoms with Gasteiger partial charge in [-0.05, 0) is 68.7 Å². The Morgan fingerprint density at radius 1 is 0.824 bits per heavy atom. The third-order valence-corrected chi connectivity index (χ3v) is 2.85. The van der Waals surface area contributed by atoms with Gasteiger partial charge >= 0.3 is 0 Å². The number of rotatable bonds is 1. The Bertz CT molecular complexity index is 547. The minimum Gasteiger partial charge on any atom is -0.488 e. The Morgan fingerprint density at radius 3 is 2.00 bits per heavy atom. The number of aryl methyl sites for hydroxylation is 2. The Kier molecular flexibility index (Phi) is 2.86. The normalized spacial score (nSPS) is 11.8. The molecule has 1 nitrogen and oxygen atoms in total. The first kappa shape index (κ1) is 12.0. The molecule has 0 heterocycles. The van der Waals surface area contributed by atoms with Gasteiger partial charge in [0.1, 0.15) is 11.4 Å². The van der Waals surface area contributed by atoms with Gasteiger partial charge in [-0.3, -0.25) is 0 Å². The van der Waals surface area contributed by atoms with Crippen LogP contribution in [0.3, 0.4) is 0 Å². The molecule has 2 rings (SSSR count). The van der Waals surface area contributed by atoms with Crippen LogP contribution in [0.4, 0.5) is 0 Å². The Hall–Kier alpha value is -1.50. The van der Waals surface area contributed by atoms with Gasteiger partial charge in [0.25, 0.3) is 0 Å². The first-order valence-electron chi connectivity index (χ1n) is 6.05. The monoisotopic (exact) mass is 228 g/mol. The van der Waals surface area contributed by atoms with Crippen molar-refractivity contribution in [1.29, 1.82) is 0 Å². The van der Waals surface area contributed by atoms with Gasteiger partial charge in [0.15, 0.2) is 0 Å². The molecule has 0 aliphatic heterocycles. The van der Waals surface area contributed by atoms with Crippen molar-refractivity contribution < 1.29 is 4.74 Å². The molecule has 0 spiro atoms. The second-order valence-corrected chi connectivity index (χ2v) is 5.66. The molecule has 17 heavy (non-hydrogen) atoms. The molecule has 2 aromatic rings. The molecule has 0 bridgehead atoms. The van der Waals surface area contributed by atoms with E-state index in [1.807, 2.05) is 6.07 Å². The van der Waals surface area contributed by atoms with Crippen LogP contribution in [0.2, 0.25) is 0 Å². The topological polar surface area (TPSA) is 9.23 Å². The molecule has 0 N–H and O–H groups in total. The fraction of sp³-hybridized carbons (Fsp3) is 0.375. The predicted molar refractivity (Wildman–Crippen MR) is 73.8 cm³/mol. The molecule has 2 aromatic carbocycles. The predicted octanol–water partition coefficient (Wildman–Crippen LogP) is 4.63. The van der Waals surface area contributed by atoms with Crippen molar-refractivity contribution in [3.05, 3.63) is 41.5 Å². The summed E-state index contributed by atoms with van der Waals surface area (Å²) in [6.07, 6.45) is 0. The molecule has 0 aliphatic rings. The second kappa shape index (κ2) is 4.06. The number of hydrogen-bond acceptors (Lipinski definition) is 1. The third kappa shape index (κ3) is 2.79. The molecular weight excluding hydrogens is 208 g/mol. The molecule has 0 saturated heterocycles. The van der Waals surface area contributed by atoms with Gasteiger partial charge in [-0.2, -0.15) is 0 Å². The van der Waals surface area contributed by atoms with E-state index < -0.39 is 0 Å². The molecular formula is C16H20O. The van der Waals surface area contributed by atoms with E-state index in [4.69, 9.17) is 4.74 Å². The molecule has 0 saturated carbocycles. The lowest BCUT2D eigenvalue weighted by atomic mass is 10.0. The quantitative estimate of drug-likeness (QED) is 0.691. The highest BCUT2D eigenvalue weighted by atomic mass is 16.5. The summed E-state index contributed by atoms with van der Waals surface area (Å²) in [7, 11) is 0. The van der Waals surface area contributed by atoms with Crippen molar-refractivity contribution in [2.75, 3.05) is 0 Å². The number of fused-ring (bicyclic) bond motifs is 1. The summed E-state index contributed by atoms with van der Waals surface area (Å²) in [4.78, 5) is 0. The molecule has 0 radical (unpaired) electrons. The maximum Gasteiger partial charge on any atom is 0.120 e. The summed E-state index contributed by atoms with van der Waals surface area (Å²) in [5.41, 5.74) is 2.51.